The van der Waals surface area contributed by atoms with Gasteiger partial charge < -0.3 is 35.8 Å². The van der Waals surface area contributed by atoms with Crippen molar-refractivity contribution in [3.8, 4) is 0 Å². The van der Waals surface area contributed by atoms with Gasteiger partial charge in [0.1, 0.15) is 30.0 Å². The summed E-state index contributed by atoms with van der Waals surface area (Å²) in [6, 6.07) is 0. The number of aliphatic hydroxyl groups is 2. The molecule has 3 aliphatic rings. The number of aliphatic hydroxyl groups excluding tert-OH is 2. The predicted octanol–water partition coefficient (Wildman–Crippen LogP) is -1.27. The molecule has 0 bridgehead atoms. The molecule has 0 radical (unpaired) electrons. The maximum Gasteiger partial charge on any atom is 0.325 e. The molecule has 4 aromatic heterocycles. The first kappa shape index (κ1) is 28.7. The van der Waals surface area contributed by atoms with Gasteiger partial charge in [0.15, 0.2) is 39.9 Å². The van der Waals surface area contributed by atoms with Crippen LogP contribution in [0, 0.1) is 0 Å². The van der Waals surface area contributed by atoms with E-state index in [0.29, 0.717) is 4.68 Å². The van der Waals surface area contributed by atoms with Gasteiger partial charge in [-0.3, -0.25) is 18.9 Å². The van der Waals surface area contributed by atoms with Crippen molar-refractivity contribution < 1.29 is 42.1 Å². The number of ether oxygens (including phenoxy) is 1. The number of fused-ring (bicyclic) bond motifs is 3. The number of thioether (sulfide) groups is 1. The maximum atomic E-state index is 15.8. The lowest BCUT2D eigenvalue weighted by Crippen LogP contribution is -2.40. The molecule has 2 aliphatic heterocycles. The Morgan fingerprint density at radius 3 is 2.72 bits per heavy atom. The number of nitrogens with one attached hydrogen (secondary N) is 1. The summed E-state index contributed by atoms with van der Waals surface area (Å²) in [5, 5.41) is 25.8. The fourth-order valence-corrected chi connectivity index (χ4v) is 8.36. The quantitative estimate of drug-likeness (QED) is 0.126. The minimum Gasteiger partial charge on any atom is -0.388 e. The Morgan fingerprint density at radius 1 is 1.19 bits per heavy atom. The third-order valence-corrected chi connectivity index (χ3v) is 10.5. The minimum absolute atomic E-state index is 0.0256. The fourth-order valence-electron chi connectivity index (χ4n) is 5.11. The van der Waals surface area contributed by atoms with Crippen molar-refractivity contribution in [2.45, 2.75) is 52.9 Å². The van der Waals surface area contributed by atoms with Crippen LogP contribution in [0.4, 0.5) is 24.9 Å². The first-order chi connectivity index (χ1) is 20.2. The van der Waals surface area contributed by atoms with Gasteiger partial charge in [0.05, 0.1) is 18.2 Å². The molecule has 18 nitrogen and oxygen atoms in total. The standard InChI is InChI=1S/C19H19F3N11O7PS2/c20-18-8(35)10(18)43-15(32-3-27-6-13(32)28-17(24)29-14(6)36)9(18)40-41(37,42)38-1-4-7(34)19(21,22)16(39-4)33-12-5(30-31-33)11(23)25-2-26-12/h2-4,7-10,15-16,34-35H,1H2,(H,37,42)(H2,23,25,26)(H3,24,28,29,36)/t4-,7-,8?,9+,10-,15-,16-,18-,41?/m1/s1. The summed E-state index contributed by atoms with van der Waals surface area (Å²) in [5.41, 5.74) is 7.86. The number of hydrogen-bond donors (Lipinski definition) is 6. The van der Waals surface area contributed by atoms with E-state index in [-0.39, 0.29) is 34.1 Å². The fraction of sp³-hybridized carbons (Fsp3) is 0.526. The van der Waals surface area contributed by atoms with Gasteiger partial charge >= 0.3 is 12.6 Å². The molecule has 3 fully saturated rings. The summed E-state index contributed by atoms with van der Waals surface area (Å²) in [6.45, 7) is -5.39. The van der Waals surface area contributed by atoms with Gasteiger partial charge in [0, 0.05) is 0 Å². The molecule has 4 aromatic rings. The van der Waals surface area contributed by atoms with Crippen molar-refractivity contribution in [2.24, 2.45) is 0 Å². The van der Waals surface area contributed by atoms with E-state index in [2.05, 4.69) is 35.2 Å². The Hall–Kier alpha value is -3.02. The van der Waals surface area contributed by atoms with Crippen LogP contribution in [-0.2, 0) is 25.6 Å². The number of nitrogens with zero attached hydrogens (tertiary/aromatic N) is 8. The second-order valence-electron chi connectivity index (χ2n) is 9.90. The van der Waals surface area contributed by atoms with Gasteiger partial charge in [-0.05, 0) is 11.8 Å². The molecule has 0 aromatic carbocycles. The number of anilines is 2. The minimum atomic E-state index is -4.47. The van der Waals surface area contributed by atoms with E-state index in [4.69, 9.17) is 37.1 Å². The van der Waals surface area contributed by atoms with Gasteiger partial charge in [-0.25, -0.2) is 19.3 Å². The van der Waals surface area contributed by atoms with Gasteiger partial charge in [-0.1, -0.05) is 5.21 Å². The van der Waals surface area contributed by atoms with Crippen LogP contribution in [-0.4, -0.2) is 107 Å². The van der Waals surface area contributed by atoms with Crippen LogP contribution in [0.3, 0.4) is 0 Å². The smallest absolute Gasteiger partial charge is 0.325 e. The third kappa shape index (κ3) is 4.25. The second-order valence-corrected chi connectivity index (χ2v) is 13.9. The summed E-state index contributed by atoms with van der Waals surface area (Å²) < 4.78 is 64.0. The zero-order valence-electron chi connectivity index (χ0n) is 21.0. The highest BCUT2D eigenvalue weighted by Crippen LogP contribution is 2.68. The number of alkyl halides is 3. The van der Waals surface area contributed by atoms with Crippen molar-refractivity contribution >= 4 is 64.4 Å². The van der Waals surface area contributed by atoms with Crippen molar-refractivity contribution in [3.05, 3.63) is 23.0 Å². The summed E-state index contributed by atoms with van der Waals surface area (Å²) in [4.78, 5) is 40.9. The highest BCUT2D eigenvalue weighted by atomic mass is 32.5. The van der Waals surface area contributed by atoms with Crippen molar-refractivity contribution in [1.29, 1.82) is 0 Å². The number of halogens is 3. The molecule has 2 unspecified atom stereocenters. The number of aromatic amines is 1. The van der Waals surface area contributed by atoms with Crippen molar-refractivity contribution in [1.82, 2.24) is 44.5 Å². The lowest BCUT2D eigenvalue weighted by atomic mass is 10.1. The average Bonchev–Trinajstić information content (AvgIpc) is 3.45. The van der Waals surface area contributed by atoms with Crippen LogP contribution in [0.15, 0.2) is 17.4 Å². The predicted molar refractivity (Wildman–Crippen MR) is 143 cm³/mol. The van der Waals surface area contributed by atoms with E-state index in [1.54, 1.807) is 0 Å². The lowest BCUT2D eigenvalue weighted by Gasteiger charge is -2.29. The van der Waals surface area contributed by atoms with Crippen LogP contribution >= 0.6 is 18.5 Å². The molecule has 7 rings (SSSR count). The maximum absolute atomic E-state index is 15.8. The first-order valence-corrected chi connectivity index (χ1v) is 15.7. The number of H-pyrrole nitrogens is 1. The monoisotopic (exact) mass is 665 g/mol. The van der Waals surface area contributed by atoms with Crippen LogP contribution in [0.2, 0.25) is 0 Å². The second kappa shape index (κ2) is 9.49. The van der Waals surface area contributed by atoms with Crippen LogP contribution in [0.1, 0.15) is 11.6 Å². The lowest BCUT2D eigenvalue weighted by molar-refractivity contribution is -0.142. The van der Waals surface area contributed by atoms with Gasteiger partial charge in [-0.15, -0.1) is 16.9 Å². The Morgan fingerprint density at radius 2 is 1.95 bits per heavy atom. The van der Waals surface area contributed by atoms with Crippen molar-refractivity contribution in [2.75, 3.05) is 18.1 Å². The summed E-state index contributed by atoms with van der Waals surface area (Å²) >= 11 is 5.95. The zero-order chi connectivity index (χ0) is 30.6. The zero-order valence-corrected chi connectivity index (χ0v) is 23.5. The number of nitrogens with two attached hydrogens (primary N) is 2. The van der Waals surface area contributed by atoms with Gasteiger partial charge in [-0.2, -0.15) is 18.4 Å². The molecule has 1 aliphatic carbocycles. The SMILES string of the molecule is Nc1nc2c(ncn2[C@@H]2S[C@@H]3C(O)[C@@]3(F)[C@H]2OP(O)(=S)OC[C@H]2O[C@@H](n3nnc4c(N)ncnc43)C(F)(F)[C@@H]2O)c(=O)[nH]1. The largest absolute Gasteiger partial charge is 0.388 e. The van der Waals surface area contributed by atoms with Gasteiger partial charge in [0.25, 0.3) is 5.56 Å². The molecule has 0 amide bonds. The first-order valence-electron chi connectivity index (χ1n) is 12.2. The molecular formula is C19H19F3N11O7PS2. The Bertz CT molecular complexity index is 1880. The Balaban J connectivity index is 1.11. The number of rotatable bonds is 7. The highest BCUT2D eigenvalue weighted by Gasteiger charge is 2.79. The summed E-state index contributed by atoms with van der Waals surface area (Å²) in [5.74, 6) is -4.32. The topological polar surface area (TPSA) is 260 Å². The Kier molecular flexibility index (Phi) is 6.34. The molecule has 1 saturated carbocycles. The molecule has 230 valence electrons. The average molecular weight is 666 g/mol. The molecule has 9 atom stereocenters. The number of nitrogen functional groups attached to an aromatic ring is 2. The Labute approximate surface area is 244 Å². The normalized spacial score (nSPS) is 34.5. The number of imidazole rings is 1. The molecule has 2 saturated heterocycles. The number of hydrogen-bond acceptors (Lipinski definition) is 16. The molecule has 8 N–H and O–H groups in total. The molecule has 24 heteroatoms. The van der Waals surface area contributed by atoms with E-state index in [1.807, 2.05) is 0 Å². The van der Waals surface area contributed by atoms with Crippen LogP contribution in [0.25, 0.3) is 22.3 Å². The molecular weight excluding hydrogens is 646 g/mol. The van der Waals surface area contributed by atoms with Crippen molar-refractivity contribution in [3.63, 3.8) is 0 Å². The van der Waals surface area contributed by atoms with E-state index >= 15 is 13.2 Å². The highest BCUT2D eigenvalue weighted by molar-refractivity contribution is 8.07. The van der Waals surface area contributed by atoms with E-state index in [9.17, 15) is 19.9 Å². The number of aromatic nitrogens is 9. The van der Waals surface area contributed by atoms with Gasteiger partial charge in [0.2, 0.25) is 12.2 Å². The van der Waals surface area contributed by atoms with E-state index in [0.717, 1.165) is 18.1 Å². The summed E-state index contributed by atoms with van der Waals surface area (Å²) in [6.07, 6.45) is -7.43. The summed E-state index contributed by atoms with van der Waals surface area (Å²) in [7, 11) is 0. The van der Waals surface area contributed by atoms with Crippen LogP contribution in [0.5, 0.6) is 0 Å². The van der Waals surface area contributed by atoms with E-state index < -0.39 is 71.7 Å². The van der Waals surface area contributed by atoms with Crippen LogP contribution < -0.4 is 17.0 Å². The molecule has 0 spiro atoms. The molecule has 43 heavy (non-hydrogen) atoms. The molecule has 6 heterocycles. The third-order valence-electron chi connectivity index (χ3n) is 7.31. The van der Waals surface area contributed by atoms with E-state index in [1.165, 1.54) is 10.9 Å².